The Balaban J connectivity index is 1.73. The zero-order valence-corrected chi connectivity index (χ0v) is 13.5. The van der Waals surface area contributed by atoms with E-state index in [1.54, 1.807) is 24.3 Å². The number of amides is 2. The molecule has 0 aliphatic heterocycles. The van der Waals surface area contributed by atoms with Crippen LogP contribution >= 0.6 is 23.2 Å². The second-order valence-corrected chi connectivity index (χ2v) is 6.06. The number of rotatable bonds is 4. The standard InChI is InChI=1S/C16H13Cl2N3O2/c17-12-6-7-13(18)21-14(12)16(23)20-11-3-1-2-10(8-11)19-15(22)9-4-5-9/h1-3,6-9H,4-5H2,(H,19,22)(H,20,23). The Labute approximate surface area is 143 Å². The summed E-state index contributed by atoms with van der Waals surface area (Å²) in [5.41, 5.74) is 1.21. The van der Waals surface area contributed by atoms with Crippen LogP contribution in [0, 0.1) is 5.92 Å². The average molecular weight is 350 g/mol. The number of aromatic nitrogens is 1. The summed E-state index contributed by atoms with van der Waals surface area (Å²) in [6, 6.07) is 9.91. The fourth-order valence-corrected chi connectivity index (χ4v) is 2.37. The first-order valence-electron chi connectivity index (χ1n) is 7.07. The van der Waals surface area contributed by atoms with E-state index in [4.69, 9.17) is 23.2 Å². The molecule has 0 unspecified atom stereocenters. The van der Waals surface area contributed by atoms with Crippen molar-refractivity contribution in [1.29, 1.82) is 0 Å². The minimum Gasteiger partial charge on any atom is -0.326 e. The normalized spacial score (nSPS) is 13.5. The van der Waals surface area contributed by atoms with Gasteiger partial charge in [0.2, 0.25) is 5.91 Å². The van der Waals surface area contributed by atoms with Crippen molar-refractivity contribution in [1.82, 2.24) is 4.98 Å². The van der Waals surface area contributed by atoms with E-state index in [2.05, 4.69) is 15.6 Å². The van der Waals surface area contributed by atoms with E-state index < -0.39 is 5.91 Å². The molecule has 7 heteroatoms. The second kappa shape index (κ2) is 6.56. The molecule has 2 N–H and O–H groups in total. The number of hydrogen-bond acceptors (Lipinski definition) is 3. The number of pyridine rings is 1. The lowest BCUT2D eigenvalue weighted by Crippen LogP contribution is -2.16. The van der Waals surface area contributed by atoms with E-state index in [0.29, 0.717) is 11.4 Å². The van der Waals surface area contributed by atoms with Gasteiger partial charge in [0.1, 0.15) is 10.8 Å². The Morgan fingerprint density at radius 2 is 1.74 bits per heavy atom. The van der Waals surface area contributed by atoms with Crippen LogP contribution in [-0.4, -0.2) is 16.8 Å². The van der Waals surface area contributed by atoms with Crippen molar-refractivity contribution in [2.75, 3.05) is 10.6 Å². The van der Waals surface area contributed by atoms with Crippen LogP contribution in [0.1, 0.15) is 23.3 Å². The van der Waals surface area contributed by atoms with E-state index in [-0.39, 0.29) is 27.7 Å². The van der Waals surface area contributed by atoms with Crippen molar-refractivity contribution >= 4 is 46.4 Å². The van der Waals surface area contributed by atoms with Crippen molar-refractivity contribution in [3.8, 4) is 0 Å². The lowest BCUT2D eigenvalue weighted by Gasteiger charge is -2.09. The number of nitrogens with zero attached hydrogens (tertiary/aromatic N) is 1. The number of hydrogen-bond donors (Lipinski definition) is 2. The largest absolute Gasteiger partial charge is 0.326 e. The minimum atomic E-state index is -0.469. The molecule has 1 aliphatic rings. The summed E-state index contributed by atoms with van der Waals surface area (Å²) in [4.78, 5) is 27.9. The SMILES string of the molecule is O=C(Nc1cccc(NC(=O)C2CC2)c1)c1nc(Cl)ccc1Cl. The van der Waals surface area contributed by atoms with E-state index >= 15 is 0 Å². The molecule has 0 atom stereocenters. The first-order valence-corrected chi connectivity index (χ1v) is 7.83. The van der Waals surface area contributed by atoms with Crippen molar-refractivity contribution in [2.24, 2.45) is 5.92 Å². The van der Waals surface area contributed by atoms with Crippen LogP contribution in [0.5, 0.6) is 0 Å². The first-order chi connectivity index (χ1) is 11.0. The van der Waals surface area contributed by atoms with Gasteiger partial charge in [-0.05, 0) is 43.2 Å². The molecule has 0 spiro atoms. The third-order valence-electron chi connectivity index (χ3n) is 3.36. The van der Waals surface area contributed by atoms with E-state index in [0.717, 1.165) is 12.8 Å². The van der Waals surface area contributed by atoms with Gasteiger partial charge in [-0.3, -0.25) is 9.59 Å². The number of carbonyl (C=O) groups excluding carboxylic acids is 2. The summed E-state index contributed by atoms with van der Waals surface area (Å²) < 4.78 is 0. The fraction of sp³-hybridized carbons (Fsp3) is 0.188. The first kappa shape index (κ1) is 15.8. The van der Waals surface area contributed by atoms with Gasteiger partial charge in [-0.15, -0.1) is 0 Å². The van der Waals surface area contributed by atoms with Gasteiger partial charge in [0, 0.05) is 17.3 Å². The Morgan fingerprint density at radius 3 is 2.43 bits per heavy atom. The molecule has 0 radical (unpaired) electrons. The Kier molecular flexibility index (Phi) is 4.50. The van der Waals surface area contributed by atoms with Crippen LogP contribution in [0.15, 0.2) is 36.4 Å². The number of carbonyl (C=O) groups is 2. The molecule has 5 nitrogen and oxygen atoms in total. The molecule has 3 rings (SSSR count). The molecule has 0 bridgehead atoms. The number of nitrogens with one attached hydrogen (secondary N) is 2. The molecule has 1 heterocycles. The highest BCUT2D eigenvalue weighted by molar-refractivity contribution is 6.35. The van der Waals surface area contributed by atoms with Gasteiger partial charge in [0.15, 0.2) is 0 Å². The monoisotopic (exact) mass is 349 g/mol. The van der Waals surface area contributed by atoms with Crippen LogP contribution in [0.25, 0.3) is 0 Å². The van der Waals surface area contributed by atoms with E-state index in [9.17, 15) is 9.59 Å². The molecule has 2 aromatic rings. The third-order valence-corrected chi connectivity index (χ3v) is 3.88. The van der Waals surface area contributed by atoms with Crippen LogP contribution in [0.3, 0.4) is 0 Å². The van der Waals surface area contributed by atoms with Crippen LogP contribution in [-0.2, 0) is 4.79 Å². The summed E-state index contributed by atoms with van der Waals surface area (Å²) in [6.45, 7) is 0. The van der Waals surface area contributed by atoms with Crippen molar-refractivity contribution in [3.05, 3.63) is 52.3 Å². The molecule has 1 saturated carbocycles. The maximum atomic E-state index is 12.2. The van der Waals surface area contributed by atoms with Crippen molar-refractivity contribution < 1.29 is 9.59 Å². The van der Waals surface area contributed by atoms with Crippen LogP contribution < -0.4 is 10.6 Å². The van der Waals surface area contributed by atoms with Gasteiger partial charge < -0.3 is 10.6 Å². The van der Waals surface area contributed by atoms with Crippen LogP contribution in [0.4, 0.5) is 11.4 Å². The number of halogens is 2. The predicted molar refractivity (Wildman–Crippen MR) is 90.0 cm³/mol. The Morgan fingerprint density at radius 1 is 1.04 bits per heavy atom. The summed E-state index contributed by atoms with van der Waals surface area (Å²) in [7, 11) is 0. The summed E-state index contributed by atoms with van der Waals surface area (Å²) in [5.74, 6) is -0.348. The molecule has 1 fully saturated rings. The smallest absolute Gasteiger partial charge is 0.275 e. The van der Waals surface area contributed by atoms with Crippen LogP contribution in [0.2, 0.25) is 10.2 Å². The zero-order valence-electron chi connectivity index (χ0n) is 12.0. The molecular formula is C16H13Cl2N3O2. The molecule has 1 aromatic carbocycles. The summed E-state index contributed by atoms with van der Waals surface area (Å²) >= 11 is 11.7. The molecule has 2 amide bonds. The van der Waals surface area contributed by atoms with Gasteiger partial charge in [-0.25, -0.2) is 4.98 Å². The van der Waals surface area contributed by atoms with Crippen molar-refractivity contribution in [2.45, 2.75) is 12.8 Å². The highest BCUT2D eigenvalue weighted by atomic mass is 35.5. The van der Waals surface area contributed by atoms with Gasteiger partial charge in [0.25, 0.3) is 5.91 Å². The maximum absolute atomic E-state index is 12.2. The fourth-order valence-electron chi connectivity index (χ4n) is 2.03. The lowest BCUT2D eigenvalue weighted by atomic mass is 10.2. The molecular weight excluding hydrogens is 337 g/mol. The molecule has 1 aromatic heterocycles. The average Bonchev–Trinajstić information content (AvgIpc) is 3.35. The highest BCUT2D eigenvalue weighted by Gasteiger charge is 2.29. The Hall–Kier alpha value is -2.11. The maximum Gasteiger partial charge on any atom is 0.275 e. The summed E-state index contributed by atoms with van der Waals surface area (Å²) in [5, 5.41) is 5.91. The van der Waals surface area contributed by atoms with Gasteiger partial charge >= 0.3 is 0 Å². The predicted octanol–water partition coefficient (Wildman–Crippen LogP) is 3.99. The number of anilines is 2. The van der Waals surface area contributed by atoms with E-state index in [1.807, 2.05) is 0 Å². The summed E-state index contributed by atoms with van der Waals surface area (Å²) in [6.07, 6.45) is 1.86. The zero-order chi connectivity index (χ0) is 16.4. The van der Waals surface area contributed by atoms with Gasteiger partial charge in [0.05, 0.1) is 5.02 Å². The lowest BCUT2D eigenvalue weighted by molar-refractivity contribution is -0.117. The third kappa shape index (κ3) is 4.00. The van der Waals surface area contributed by atoms with E-state index in [1.165, 1.54) is 12.1 Å². The molecule has 0 saturated heterocycles. The molecule has 1 aliphatic carbocycles. The molecule has 23 heavy (non-hydrogen) atoms. The van der Waals surface area contributed by atoms with Crippen molar-refractivity contribution in [3.63, 3.8) is 0 Å². The number of benzene rings is 1. The highest BCUT2D eigenvalue weighted by Crippen LogP contribution is 2.30. The Bertz CT molecular complexity index is 776. The topological polar surface area (TPSA) is 71.1 Å². The molecule has 118 valence electrons. The second-order valence-electron chi connectivity index (χ2n) is 5.26. The van der Waals surface area contributed by atoms with Gasteiger partial charge in [-0.1, -0.05) is 29.3 Å². The minimum absolute atomic E-state index is 0.00743. The quantitative estimate of drug-likeness (QED) is 0.819. The van der Waals surface area contributed by atoms with Gasteiger partial charge in [-0.2, -0.15) is 0 Å².